The van der Waals surface area contributed by atoms with E-state index in [4.69, 9.17) is 11.6 Å². The number of hydrazine groups is 1. The van der Waals surface area contributed by atoms with Crippen molar-refractivity contribution in [3.05, 3.63) is 58.6 Å². The summed E-state index contributed by atoms with van der Waals surface area (Å²) in [7, 11) is 0.791. The van der Waals surface area contributed by atoms with Crippen molar-refractivity contribution in [3.63, 3.8) is 0 Å². The van der Waals surface area contributed by atoms with Crippen LogP contribution in [0.15, 0.2) is 47.4 Å². The summed E-state index contributed by atoms with van der Waals surface area (Å²) in [6.07, 6.45) is 0.842. The normalized spacial score (nSPS) is 16.5. The second-order valence-electron chi connectivity index (χ2n) is 6.79. The van der Waals surface area contributed by atoms with E-state index >= 15 is 0 Å². The zero-order chi connectivity index (χ0) is 19.9. The van der Waals surface area contributed by atoms with Gasteiger partial charge >= 0.3 is 0 Å². The maximum absolute atomic E-state index is 13.1. The quantitative estimate of drug-likeness (QED) is 0.781. The summed E-state index contributed by atoms with van der Waals surface area (Å²) < 4.78 is 26.0. The van der Waals surface area contributed by atoms with Crippen LogP contribution in [0, 0.1) is 0 Å². The third-order valence-corrected chi connectivity index (χ3v) is 7.02. The molecular weight excluding hydrogens is 386 g/mol. The minimum absolute atomic E-state index is 0.0803. The van der Waals surface area contributed by atoms with Gasteiger partial charge in [-0.15, -0.1) is 0 Å². The zero-order valence-electron chi connectivity index (χ0n) is 15.7. The van der Waals surface area contributed by atoms with Gasteiger partial charge in [0.25, 0.3) is 5.91 Å². The van der Waals surface area contributed by atoms with E-state index in [9.17, 15) is 13.2 Å². The highest BCUT2D eigenvalue weighted by atomic mass is 35.5. The molecule has 2 aromatic carbocycles. The van der Waals surface area contributed by atoms with Gasteiger partial charge in [-0.05, 0) is 43.2 Å². The lowest BCUT2D eigenvalue weighted by atomic mass is 10.1. The van der Waals surface area contributed by atoms with E-state index in [1.807, 2.05) is 36.2 Å². The lowest BCUT2D eigenvalue weighted by molar-refractivity contribution is 0.0768. The van der Waals surface area contributed by atoms with Crippen LogP contribution in [0.4, 0.5) is 5.69 Å². The van der Waals surface area contributed by atoms with E-state index < -0.39 is 10.0 Å². The number of hydrogen-bond acceptors (Lipinski definition) is 4. The summed E-state index contributed by atoms with van der Waals surface area (Å²) in [6.45, 7) is 2.05. The van der Waals surface area contributed by atoms with Gasteiger partial charge in [0.15, 0.2) is 0 Å². The fourth-order valence-electron chi connectivity index (χ4n) is 3.32. The maximum atomic E-state index is 13.1. The highest BCUT2D eigenvalue weighted by Gasteiger charge is 2.32. The fraction of sp³-hybridized carbons (Fsp3) is 0.316. The fourth-order valence-corrected chi connectivity index (χ4v) is 4.72. The summed E-state index contributed by atoms with van der Waals surface area (Å²) in [6, 6.07) is 12.4. The zero-order valence-corrected chi connectivity index (χ0v) is 17.3. The Balaban J connectivity index is 1.97. The van der Waals surface area contributed by atoms with Crippen molar-refractivity contribution in [3.8, 4) is 0 Å². The van der Waals surface area contributed by atoms with E-state index in [1.165, 1.54) is 36.8 Å². The van der Waals surface area contributed by atoms with Crippen molar-refractivity contribution < 1.29 is 13.2 Å². The number of sulfonamides is 1. The van der Waals surface area contributed by atoms with Crippen LogP contribution in [-0.4, -0.2) is 50.8 Å². The molecule has 1 heterocycles. The summed E-state index contributed by atoms with van der Waals surface area (Å²) in [5.41, 5.74) is 2.42. The molecule has 2 aromatic rings. The van der Waals surface area contributed by atoms with Gasteiger partial charge in [0.1, 0.15) is 4.90 Å². The molecule has 0 fully saturated rings. The molecule has 1 unspecified atom stereocenters. The van der Waals surface area contributed by atoms with Gasteiger partial charge in [0, 0.05) is 26.7 Å². The third-order valence-electron chi connectivity index (χ3n) is 4.73. The van der Waals surface area contributed by atoms with E-state index in [0.29, 0.717) is 0 Å². The molecule has 3 rings (SSSR count). The second-order valence-corrected chi connectivity index (χ2v) is 9.32. The van der Waals surface area contributed by atoms with Crippen molar-refractivity contribution in [2.75, 3.05) is 26.2 Å². The Morgan fingerprint density at radius 3 is 2.48 bits per heavy atom. The van der Waals surface area contributed by atoms with Gasteiger partial charge in [-0.1, -0.05) is 29.8 Å². The van der Waals surface area contributed by atoms with E-state index in [0.717, 1.165) is 16.4 Å². The van der Waals surface area contributed by atoms with Crippen molar-refractivity contribution >= 4 is 33.2 Å². The molecule has 1 aliphatic rings. The summed E-state index contributed by atoms with van der Waals surface area (Å²) in [5.74, 6) is -0.301. The molecule has 0 saturated carbocycles. The van der Waals surface area contributed by atoms with Gasteiger partial charge in [-0.25, -0.2) is 12.7 Å². The smallest absolute Gasteiger partial charge is 0.272 e. The first kappa shape index (κ1) is 19.7. The van der Waals surface area contributed by atoms with Crippen LogP contribution in [0.3, 0.4) is 0 Å². The number of fused-ring (bicyclic) bond motifs is 1. The third kappa shape index (κ3) is 3.42. The van der Waals surface area contributed by atoms with Gasteiger partial charge in [-0.2, -0.15) is 0 Å². The van der Waals surface area contributed by atoms with E-state index in [-0.39, 0.29) is 27.4 Å². The molecule has 1 amide bonds. The van der Waals surface area contributed by atoms with Crippen LogP contribution in [0.5, 0.6) is 0 Å². The summed E-state index contributed by atoms with van der Waals surface area (Å²) in [4.78, 5) is 13.0. The predicted octanol–water partition coefficient (Wildman–Crippen LogP) is 3.03. The van der Waals surface area contributed by atoms with Crippen molar-refractivity contribution in [1.29, 1.82) is 0 Å². The number of rotatable bonds is 4. The molecule has 0 bridgehead atoms. The Kier molecular flexibility index (Phi) is 5.20. The minimum Gasteiger partial charge on any atom is -0.280 e. The second kappa shape index (κ2) is 7.14. The Hall–Kier alpha value is -2.09. The molecule has 0 aliphatic carbocycles. The van der Waals surface area contributed by atoms with Crippen LogP contribution in [0.1, 0.15) is 22.8 Å². The minimum atomic E-state index is -3.75. The molecule has 144 valence electrons. The molecule has 0 N–H and O–H groups in total. The highest BCUT2D eigenvalue weighted by Crippen LogP contribution is 2.33. The van der Waals surface area contributed by atoms with Gasteiger partial charge < -0.3 is 0 Å². The van der Waals surface area contributed by atoms with Crippen molar-refractivity contribution in [2.24, 2.45) is 0 Å². The van der Waals surface area contributed by atoms with Gasteiger partial charge in [-0.3, -0.25) is 14.8 Å². The summed E-state index contributed by atoms with van der Waals surface area (Å²) >= 11 is 6.09. The maximum Gasteiger partial charge on any atom is 0.272 e. The number of para-hydroxylation sites is 1. The Labute approximate surface area is 165 Å². The lowest BCUT2D eigenvalue weighted by Crippen LogP contribution is -2.47. The Morgan fingerprint density at radius 1 is 1.15 bits per heavy atom. The van der Waals surface area contributed by atoms with Crippen LogP contribution in [0.2, 0.25) is 5.02 Å². The Morgan fingerprint density at radius 2 is 1.81 bits per heavy atom. The number of nitrogens with zero attached hydrogens (tertiary/aromatic N) is 3. The number of halogens is 1. The largest absolute Gasteiger partial charge is 0.280 e. The first-order chi connectivity index (χ1) is 12.6. The van der Waals surface area contributed by atoms with Crippen molar-refractivity contribution in [2.45, 2.75) is 24.3 Å². The molecular formula is C19H22ClN3O3S. The predicted molar refractivity (Wildman–Crippen MR) is 107 cm³/mol. The molecule has 1 atom stereocenters. The topological polar surface area (TPSA) is 60.9 Å². The SMILES string of the molecule is CC1Cc2ccccc2N1N(C)C(=O)c1ccc(Cl)c(S(=O)(=O)N(C)C)c1. The van der Waals surface area contributed by atoms with Crippen molar-refractivity contribution in [1.82, 2.24) is 9.31 Å². The number of amides is 1. The van der Waals surface area contributed by atoms with Crippen LogP contribution < -0.4 is 5.01 Å². The van der Waals surface area contributed by atoms with Gasteiger partial charge in [0.2, 0.25) is 10.0 Å². The standard InChI is InChI=1S/C19H22ClN3O3S/c1-13-11-14-7-5-6-8-17(14)23(13)22(4)19(24)15-9-10-16(20)18(12-15)27(25,26)21(2)3/h5-10,12-13H,11H2,1-4H3. The van der Waals surface area contributed by atoms with E-state index in [1.54, 1.807) is 13.1 Å². The number of benzene rings is 2. The first-order valence-electron chi connectivity index (χ1n) is 8.51. The van der Waals surface area contributed by atoms with E-state index in [2.05, 4.69) is 0 Å². The molecule has 0 saturated heterocycles. The molecule has 8 heteroatoms. The molecule has 0 aromatic heterocycles. The summed E-state index contributed by atoms with van der Waals surface area (Å²) in [5, 5.41) is 3.56. The van der Waals surface area contributed by atoms with Crippen LogP contribution in [0.25, 0.3) is 0 Å². The molecule has 0 spiro atoms. The number of hydrogen-bond donors (Lipinski definition) is 0. The molecule has 0 radical (unpaired) electrons. The average Bonchev–Trinajstić information content (AvgIpc) is 2.96. The molecule has 1 aliphatic heterocycles. The van der Waals surface area contributed by atoms with Crippen LogP contribution in [-0.2, 0) is 16.4 Å². The molecule has 27 heavy (non-hydrogen) atoms. The monoisotopic (exact) mass is 407 g/mol. The number of anilines is 1. The molecule has 6 nitrogen and oxygen atoms in total. The number of carbonyl (C=O) groups excluding carboxylic acids is 1. The average molecular weight is 408 g/mol. The number of carbonyl (C=O) groups is 1. The highest BCUT2D eigenvalue weighted by molar-refractivity contribution is 7.89. The van der Waals surface area contributed by atoms with Gasteiger partial charge in [0.05, 0.1) is 16.8 Å². The Bertz CT molecular complexity index is 991. The lowest BCUT2D eigenvalue weighted by Gasteiger charge is -2.34. The van der Waals surface area contributed by atoms with Crippen LogP contribution >= 0.6 is 11.6 Å². The first-order valence-corrected chi connectivity index (χ1v) is 10.3.